The molecule has 0 fully saturated rings. The van der Waals surface area contributed by atoms with E-state index in [1.165, 1.54) is 0 Å². The molecule has 0 amide bonds. The highest BCUT2D eigenvalue weighted by Crippen LogP contribution is 2.19. The quantitative estimate of drug-likeness (QED) is 0.877. The zero-order valence-electron chi connectivity index (χ0n) is 10.1. The number of aliphatic hydroxyl groups is 1. The molecule has 0 saturated carbocycles. The number of aryl methyl sites for hydroxylation is 2. The highest BCUT2D eigenvalue weighted by molar-refractivity contribution is 5.25. The van der Waals surface area contributed by atoms with E-state index in [0.717, 1.165) is 22.5 Å². The normalized spacial score (nSPS) is 12.4. The van der Waals surface area contributed by atoms with Crippen molar-refractivity contribution in [3.63, 3.8) is 0 Å². The first-order chi connectivity index (χ1) is 8.16. The van der Waals surface area contributed by atoms with Crippen LogP contribution in [0.5, 0.6) is 0 Å². The number of hydrogen-bond acceptors (Lipinski definition) is 3. The Morgan fingerprint density at radius 1 is 1.24 bits per heavy atom. The number of aromatic nitrogens is 2. The standard InChI is InChI=1S/C14H16N2O/c1-10-7-11(2)14(16-9-10)13(17)8-12-5-3-4-6-15-12/h3-7,9,13,17H,8H2,1-2H3. The Morgan fingerprint density at radius 2 is 2.06 bits per heavy atom. The number of aliphatic hydroxyl groups excluding tert-OH is 1. The second kappa shape index (κ2) is 5.06. The summed E-state index contributed by atoms with van der Waals surface area (Å²) in [5.74, 6) is 0. The summed E-state index contributed by atoms with van der Waals surface area (Å²) in [7, 11) is 0. The van der Waals surface area contributed by atoms with Gasteiger partial charge >= 0.3 is 0 Å². The summed E-state index contributed by atoms with van der Waals surface area (Å²) in [6, 6.07) is 7.73. The number of rotatable bonds is 3. The van der Waals surface area contributed by atoms with Gasteiger partial charge in [-0.25, -0.2) is 0 Å². The van der Waals surface area contributed by atoms with Gasteiger partial charge in [0.25, 0.3) is 0 Å². The van der Waals surface area contributed by atoms with Gasteiger partial charge in [0.15, 0.2) is 0 Å². The average molecular weight is 228 g/mol. The molecule has 0 bridgehead atoms. The van der Waals surface area contributed by atoms with Gasteiger partial charge in [-0.1, -0.05) is 12.1 Å². The Kier molecular flexibility index (Phi) is 3.49. The SMILES string of the molecule is Cc1cnc(C(O)Cc2ccccn2)c(C)c1. The fourth-order valence-corrected chi connectivity index (χ4v) is 1.89. The topological polar surface area (TPSA) is 46.0 Å². The van der Waals surface area contributed by atoms with Crippen LogP contribution in [-0.4, -0.2) is 15.1 Å². The van der Waals surface area contributed by atoms with E-state index in [2.05, 4.69) is 9.97 Å². The molecule has 17 heavy (non-hydrogen) atoms. The summed E-state index contributed by atoms with van der Waals surface area (Å²) < 4.78 is 0. The van der Waals surface area contributed by atoms with Crippen LogP contribution in [-0.2, 0) is 6.42 Å². The summed E-state index contributed by atoms with van der Waals surface area (Å²) in [6.07, 6.45) is 3.42. The van der Waals surface area contributed by atoms with Crippen molar-refractivity contribution < 1.29 is 5.11 Å². The summed E-state index contributed by atoms with van der Waals surface area (Å²) in [5, 5.41) is 10.1. The molecule has 2 aromatic heterocycles. The first kappa shape index (κ1) is 11.7. The summed E-state index contributed by atoms with van der Waals surface area (Å²) in [4.78, 5) is 8.50. The molecule has 0 aliphatic rings. The molecular weight excluding hydrogens is 212 g/mol. The molecule has 1 unspecified atom stereocenters. The van der Waals surface area contributed by atoms with E-state index in [4.69, 9.17) is 0 Å². The van der Waals surface area contributed by atoms with Crippen LogP contribution in [0.15, 0.2) is 36.7 Å². The molecule has 2 aromatic rings. The monoisotopic (exact) mass is 228 g/mol. The second-order valence-electron chi connectivity index (χ2n) is 4.26. The second-order valence-corrected chi connectivity index (χ2v) is 4.26. The van der Waals surface area contributed by atoms with E-state index >= 15 is 0 Å². The number of hydrogen-bond donors (Lipinski definition) is 1. The first-order valence-corrected chi connectivity index (χ1v) is 5.68. The Bertz CT molecular complexity index is 497. The fourth-order valence-electron chi connectivity index (χ4n) is 1.89. The van der Waals surface area contributed by atoms with Gasteiger partial charge in [0.05, 0.1) is 5.69 Å². The minimum atomic E-state index is -0.592. The molecular formula is C14H16N2O. The van der Waals surface area contributed by atoms with E-state index < -0.39 is 6.10 Å². The first-order valence-electron chi connectivity index (χ1n) is 5.68. The van der Waals surface area contributed by atoms with Crippen molar-refractivity contribution in [3.8, 4) is 0 Å². The van der Waals surface area contributed by atoms with Crippen LogP contribution in [0.2, 0.25) is 0 Å². The molecule has 1 atom stereocenters. The third kappa shape index (κ3) is 2.88. The third-order valence-electron chi connectivity index (χ3n) is 2.70. The highest BCUT2D eigenvalue weighted by atomic mass is 16.3. The molecule has 3 nitrogen and oxygen atoms in total. The van der Waals surface area contributed by atoms with Crippen LogP contribution in [0.25, 0.3) is 0 Å². The van der Waals surface area contributed by atoms with Gasteiger partial charge in [0.2, 0.25) is 0 Å². The van der Waals surface area contributed by atoms with Crippen LogP contribution in [0, 0.1) is 13.8 Å². The van der Waals surface area contributed by atoms with Gasteiger partial charge in [0.1, 0.15) is 6.10 Å². The fraction of sp³-hybridized carbons (Fsp3) is 0.286. The van der Waals surface area contributed by atoms with E-state index in [-0.39, 0.29) is 0 Å². The Hall–Kier alpha value is -1.74. The van der Waals surface area contributed by atoms with Crippen LogP contribution in [0.1, 0.15) is 28.6 Å². The molecule has 0 spiro atoms. The van der Waals surface area contributed by atoms with E-state index in [9.17, 15) is 5.11 Å². The molecule has 88 valence electrons. The van der Waals surface area contributed by atoms with E-state index in [0.29, 0.717) is 6.42 Å². The van der Waals surface area contributed by atoms with Crippen molar-refractivity contribution in [2.45, 2.75) is 26.4 Å². The van der Waals surface area contributed by atoms with Gasteiger partial charge in [-0.05, 0) is 37.1 Å². The van der Waals surface area contributed by atoms with Crippen molar-refractivity contribution in [2.24, 2.45) is 0 Å². The van der Waals surface area contributed by atoms with Crippen LogP contribution >= 0.6 is 0 Å². The van der Waals surface area contributed by atoms with Gasteiger partial charge < -0.3 is 5.11 Å². The summed E-state index contributed by atoms with van der Waals surface area (Å²) in [6.45, 7) is 3.96. The third-order valence-corrected chi connectivity index (χ3v) is 2.70. The molecule has 0 aliphatic carbocycles. The van der Waals surface area contributed by atoms with Crippen LogP contribution in [0.3, 0.4) is 0 Å². The van der Waals surface area contributed by atoms with Crippen molar-refractivity contribution in [1.82, 2.24) is 9.97 Å². The van der Waals surface area contributed by atoms with E-state index in [1.807, 2.05) is 38.1 Å². The van der Waals surface area contributed by atoms with Crippen LogP contribution < -0.4 is 0 Å². The molecule has 2 rings (SSSR count). The largest absolute Gasteiger partial charge is 0.386 e. The van der Waals surface area contributed by atoms with Gasteiger partial charge in [-0.3, -0.25) is 9.97 Å². The summed E-state index contributed by atoms with van der Waals surface area (Å²) in [5.41, 5.74) is 3.74. The maximum atomic E-state index is 10.1. The Labute approximate surface area is 101 Å². The van der Waals surface area contributed by atoms with Crippen LogP contribution in [0.4, 0.5) is 0 Å². The zero-order chi connectivity index (χ0) is 12.3. The lowest BCUT2D eigenvalue weighted by molar-refractivity contribution is 0.171. The minimum Gasteiger partial charge on any atom is -0.386 e. The number of pyridine rings is 2. The molecule has 3 heteroatoms. The van der Waals surface area contributed by atoms with Gasteiger partial charge in [-0.15, -0.1) is 0 Å². The van der Waals surface area contributed by atoms with Crippen molar-refractivity contribution in [1.29, 1.82) is 0 Å². The average Bonchev–Trinajstić information content (AvgIpc) is 2.30. The van der Waals surface area contributed by atoms with Gasteiger partial charge in [0, 0.05) is 24.5 Å². The Morgan fingerprint density at radius 3 is 2.71 bits per heavy atom. The smallest absolute Gasteiger partial charge is 0.102 e. The van der Waals surface area contributed by atoms with E-state index in [1.54, 1.807) is 12.4 Å². The zero-order valence-corrected chi connectivity index (χ0v) is 10.1. The lowest BCUT2D eigenvalue weighted by atomic mass is 10.0. The molecule has 0 saturated heterocycles. The Balaban J connectivity index is 2.17. The highest BCUT2D eigenvalue weighted by Gasteiger charge is 2.13. The summed E-state index contributed by atoms with van der Waals surface area (Å²) >= 11 is 0. The maximum Gasteiger partial charge on any atom is 0.102 e. The molecule has 0 aliphatic heterocycles. The lowest BCUT2D eigenvalue weighted by Gasteiger charge is -2.12. The maximum absolute atomic E-state index is 10.1. The predicted octanol–water partition coefficient (Wildman–Crippen LogP) is 2.37. The molecule has 0 radical (unpaired) electrons. The molecule has 2 heterocycles. The predicted molar refractivity (Wildman–Crippen MR) is 66.6 cm³/mol. The van der Waals surface area contributed by atoms with Crippen molar-refractivity contribution in [3.05, 3.63) is 59.2 Å². The van der Waals surface area contributed by atoms with Crippen molar-refractivity contribution in [2.75, 3.05) is 0 Å². The lowest BCUT2D eigenvalue weighted by Crippen LogP contribution is -2.07. The molecule has 1 N–H and O–H groups in total. The minimum absolute atomic E-state index is 0.498. The van der Waals surface area contributed by atoms with Crippen molar-refractivity contribution >= 4 is 0 Å². The molecule has 0 aromatic carbocycles. The van der Waals surface area contributed by atoms with Gasteiger partial charge in [-0.2, -0.15) is 0 Å². The number of nitrogens with zero attached hydrogens (tertiary/aromatic N) is 2.